The summed E-state index contributed by atoms with van der Waals surface area (Å²) >= 11 is 0. The topological polar surface area (TPSA) is 71.1 Å². The molecule has 3 N–H and O–H groups in total. The van der Waals surface area contributed by atoms with E-state index in [1.165, 1.54) is 25.7 Å². The van der Waals surface area contributed by atoms with Gasteiger partial charge in [-0.25, -0.2) is 0 Å². The quantitative estimate of drug-likeness (QED) is 0.331. The van der Waals surface area contributed by atoms with Gasteiger partial charge in [-0.3, -0.25) is 4.90 Å². The van der Waals surface area contributed by atoms with Gasteiger partial charge in [-0.05, 0) is 18.8 Å². The Morgan fingerprint density at radius 2 is 2.41 bits per heavy atom. The summed E-state index contributed by atoms with van der Waals surface area (Å²) < 4.78 is 5.43. The van der Waals surface area contributed by atoms with Gasteiger partial charge in [0.25, 0.3) is 0 Å². The maximum atomic E-state index is 8.63. The van der Waals surface area contributed by atoms with Crippen molar-refractivity contribution in [2.45, 2.75) is 25.7 Å². The summed E-state index contributed by atoms with van der Waals surface area (Å²) in [6.45, 7) is 3.48. The minimum absolute atomic E-state index is 0.302. The molecule has 1 aliphatic carbocycles. The van der Waals surface area contributed by atoms with Crippen LogP contribution in [0.4, 0.5) is 0 Å². The molecule has 2 aliphatic rings. The second-order valence-electron chi connectivity index (χ2n) is 5.50. The lowest BCUT2D eigenvalue weighted by Crippen LogP contribution is -2.38. The first-order chi connectivity index (χ1) is 8.20. The second-order valence-corrected chi connectivity index (χ2v) is 5.50. The van der Waals surface area contributed by atoms with E-state index in [1.807, 2.05) is 0 Å². The molecule has 0 spiro atoms. The van der Waals surface area contributed by atoms with Gasteiger partial charge in [-0.2, -0.15) is 0 Å². The number of nitrogens with zero attached hydrogens (tertiary/aromatic N) is 2. The molecule has 98 valence electrons. The third-order valence-corrected chi connectivity index (χ3v) is 4.31. The van der Waals surface area contributed by atoms with Crippen molar-refractivity contribution in [1.29, 1.82) is 0 Å². The molecule has 2 atom stereocenters. The predicted octanol–water partition coefficient (Wildman–Crippen LogP) is 0.871. The van der Waals surface area contributed by atoms with Gasteiger partial charge in [0.2, 0.25) is 0 Å². The molecule has 0 aromatic carbocycles. The molecule has 0 unspecified atom stereocenters. The number of hydrogen-bond donors (Lipinski definition) is 2. The highest BCUT2D eigenvalue weighted by Crippen LogP contribution is 2.46. The van der Waals surface area contributed by atoms with Gasteiger partial charge in [0.05, 0.1) is 13.2 Å². The van der Waals surface area contributed by atoms with E-state index in [0.29, 0.717) is 23.7 Å². The van der Waals surface area contributed by atoms with Crippen molar-refractivity contribution in [2.24, 2.45) is 22.2 Å². The lowest BCUT2D eigenvalue weighted by molar-refractivity contribution is 0.0302. The molecule has 0 bridgehead atoms. The van der Waals surface area contributed by atoms with Gasteiger partial charge >= 0.3 is 0 Å². The number of rotatable bonds is 4. The summed E-state index contributed by atoms with van der Waals surface area (Å²) in [4.78, 5) is 2.30. The summed E-state index contributed by atoms with van der Waals surface area (Å²) in [7, 11) is 1.78. The highest BCUT2D eigenvalue weighted by atomic mass is 16.5. The standard InChI is InChI=1S/C12H23N3O2/c1-17-9-12-5-3-2-4-10(12)6-15(8-12)7-11(13)14-16/h10,16H,2-9H2,1H3,(H2,13,14)/t10-,12+/m1/s1. The maximum absolute atomic E-state index is 8.63. The van der Waals surface area contributed by atoms with Crippen LogP contribution in [0.2, 0.25) is 0 Å². The van der Waals surface area contributed by atoms with Crippen LogP contribution in [-0.4, -0.2) is 49.3 Å². The van der Waals surface area contributed by atoms with Crippen LogP contribution in [0.3, 0.4) is 0 Å². The molecule has 0 aromatic rings. The third-order valence-electron chi connectivity index (χ3n) is 4.31. The van der Waals surface area contributed by atoms with Gasteiger partial charge in [0.15, 0.2) is 5.84 Å². The van der Waals surface area contributed by atoms with Gasteiger partial charge in [0.1, 0.15) is 0 Å². The minimum Gasteiger partial charge on any atom is -0.409 e. The molecule has 0 aromatic heterocycles. The van der Waals surface area contributed by atoms with E-state index in [2.05, 4.69) is 10.1 Å². The maximum Gasteiger partial charge on any atom is 0.153 e. The number of fused-ring (bicyclic) bond motifs is 1. The lowest BCUT2D eigenvalue weighted by atomic mass is 9.69. The number of amidine groups is 1. The van der Waals surface area contributed by atoms with Gasteiger partial charge in [0, 0.05) is 25.6 Å². The molecular formula is C12H23N3O2. The van der Waals surface area contributed by atoms with E-state index in [9.17, 15) is 0 Å². The number of nitrogens with two attached hydrogens (primary N) is 1. The normalized spacial score (nSPS) is 34.9. The Labute approximate surface area is 103 Å². The smallest absolute Gasteiger partial charge is 0.153 e. The predicted molar refractivity (Wildman–Crippen MR) is 66.1 cm³/mol. The lowest BCUT2D eigenvalue weighted by Gasteiger charge is -2.38. The summed E-state index contributed by atoms with van der Waals surface area (Å²) in [5, 5.41) is 11.7. The molecule has 5 nitrogen and oxygen atoms in total. The molecule has 2 fully saturated rings. The van der Waals surface area contributed by atoms with Crippen molar-refractivity contribution in [3.05, 3.63) is 0 Å². The van der Waals surface area contributed by atoms with Crippen LogP contribution in [-0.2, 0) is 4.74 Å². The monoisotopic (exact) mass is 241 g/mol. The SMILES string of the molecule is COC[C@@]12CCCC[C@@H]1CN(CC(N)=NO)C2. The number of oxime groups is 1. The zero-order valence-corrected chi connectivity index (χ0v) is 10.6. The van der Waals surface area contributed by atoms with E-state index < -0.39 is 0 Å². The molecule has 0 amide bonds. The zero-order valence-electron chi connectivity index (χ0n) is 10.6. The van der Waals surface area contributed by atoms with Crippen LogP contribution < -0.4 is 5.73 Å². The largest absolute Gasteiger partial charge is 0.409 e. The van der Waals surface area contributed by atoms with Crippen molar-refractivity contribution in [3.63, 3.8) is 0 Å². The van der Waals surface area contributed by atoms with Crippen LogP contribution in [0, 0.1) is 11.3 Å². The number of methoxy groups -OCH3 is 1. The molecule has 2 rings (SSSR count). The fourth-order valence-corrected chi connectivity index (χ4v) is 3.60. The first-order valence-electron chi connectivity index (χ1n) is 6.38. The van der Waals surface area contributed by atoms with Crippen molar-refractivity contribution >= 4 is 5.84 Å². The molecule has 1 aliphatic heterocycles. The summed E-state index contributed by atoms with van der Waals surface area (Å²) in [5.74, 6) is 1.01. The van der Waals surface area contributed by atoms with Crippen LogP contribution in [0.25, 0.3) is 0 Å². The Morgan fingerprint density at radius 3 is 3.12 bits per heavy atom. The first-order valence-corrected chi connectivity index (χ1v) is 6.38. The Bertz CT molecular complexity index is 291. The van der Waals surface area contributed by atoms with E-state index in [0.717, 1.165) is 19.7 Å². The Hall–Kier alpha value is -0.810. The number of likely N-dealkylation sites (tertiary alicyclic amines) is 1. The first kappa shape index (κ1) is 12.6. The molecule has 17 heavy (non-hydrogen) atoms. The third kappa shape index (κ3) is 2.55. The summed E-state index contributed by atoms with van der Waals surface area (Å²) in [6.07, 6.45) is 5.17. The van der Waals surface area contributed by atoms with Crippen LogP contribution in [0.5, 0.6) is 0 Å². The van der Waals surface area contributed by atoms with E-state index in [4.69, 9.17) is 15.7 Å². The average Bonchev–Trinajstić information content (AvgIpc) is 2.67. The Morgan fingerprint density at radius 1 is 1.59 bits per heavy atom. The minimum atomic E-state index is 0.302. The second kappa shape index (κ2) is 5.23. The number of hydrogen-bond acceptors (Lipinski definition) is 4. The zero-order chi connectivity index (χ0) is 12.3. The highest BCUT2D eigenvalue weighted by Gasteiger charge is 2.47. The van der Waals surface area contributed by atoms with E-state index in [-0.39, 0.29) is 0 Å². The molecular weight excluding hydrogens is 218 g/mol. The van der Waals surface area contributed by atoms with Crippen molar-refractivity contribution in [2.75, 3.05) is 33.4 Å². The van der Waals surface area contributed by atoms with Crippen molar-refractivity contribution in [3.8, 4) is 0 Å². The molecule has 0 radical (unpaired) electrons. The van der Waals surface area contributed by atoms with Crippen LogP contribution in [0.15, 0.2) is 5.16 Å². The van der Waals surface area contributed by atoms with E-state index in [1.54, 1.807) is 7.11 Å². The van der Waals surface area contributed by atoms with Gasteiger partial charge < -0.3 is 15.7 Å². The molecule has 1 heterocycles. The number of ether oxygens (including phenoxy) is 1. The van der Waals surface area contributed by atoms with Crippen LogP contribution in [0.1, 0.15) is 25.7 Å². The van der Waals surface area contributed by atoms with E-state index >= 15 is 0 Å². The van der Waals surface area contributed by atoms with Crippen molar-refractivity contribution in [1.82, 2.24) is 4.90 Å². The fourth-order valence-electron chi connectivity index (χ4n) is 3.60. The Kier molecular flexibility index (Phi) is 3.89. The molecule has 5 heteroatoms. The summed E-state index contributed by atoms with van der Waals surface area (Å²) in [6, 6.07) is 0. The Balaban J connectivity index is 2.03. The average molecular weight is 241 g/mol. The highest BCUT2D eigenvalue weighted by molar-refractivity contribution is 5.81. The van der Waals surface area contributed by atoms with Gasteiger partial charge in [-0.1, -0.05) is 18.0 Å². The van der Waals surface area contributed by atoms with Gasteiger partial charge in [-0.15, -0.1) is 0 Å². The summed E-state index contributed by atoms with van der Waals surface area (Å²) in [5.41, 5.74) is 5.89. The van der Waals surface area contributed by atoms with Crippen molar-refractivity contribution < 1.29 is 9.94 Å². The molecule has 1 saturated heterocycles. The fraction of sp³-hybridized carbons (Fsp3) is 0.917. The van der Waals surface area contributed by atoms with Crippen LogP contribution >= 0.6 is 0 Å². The molecule has 1 saturated carbocycles.